The Labute approximate surface area is 120 Å². The van der Waals surface area contributed by atoms with Gasteiger partial charge >= 0.3 is 0 Å². The lowest BCUT2D eigenvalue weighted by Gasteiger charge is -2.17. The minimum absolute atomic E-state index is 0.0814. The number of anilines is 1. The molecule has 0 spiro atoms. The highest BCUT2D eigenvalue weighted by atomic mass is 16.6. The molecule has 2 aromatic rings. The molecule has 1 aromatic heterocycles. The first-order valence-electron chi connectivity index (χ1n) is 6.52. The maximum atomic E-state index is 10.7. The molecule has 0 aliphatic carbocycles. The zero-order valence-electron chi connectivity index (χ0n) is 11.4. The Morgan fingerprint density at radius 3 is 2.90 bits per heavy atom. The van der Waals surface area contributed by atoms with E-state index in [-0.39, 0.29) is 17.3 Å². The maximum absolute atomic E-state index is 10.7. The summed E-state index contributed by atoms with van der Waals surface area (Å²) in [4.78, 5) is 14.5. The van der Waals surface area contributed by atoms with Crippen molar-refractivity contribution in [2.45, 2.75) is 25.4 Å². The fourth-order valence-corrected chi connectivity index (χ4v) is 2.36. The smallest absolute Gasteiger partial charge is 0.271 e. The fraction of sp³-hybridized carbons (Fsp3) is 0.385. The maximum Gasteiger partial charge on any atom is 0.271 e. The highest BCUT2D eigenvalue weighted by molar-refractivity contribution is 5.72. The number of hydrogen-bond acceptors (Lipinski definition) is 7. The Bertz CT molecular complexity index is 691. The third kappa shape index (κ3) is 2.33. The van der Waals surface area contributed by atoms with Crippen molar-refractivity contribution in [1.82, 2.24) is 10.1 Å². The van der Waals surface area contributed by atoms with Gasteiger partial charge in [-0.25, -0.2) is 0 Å². The number of aromatic nitrogens is 2. The predicted octanol–water partition coefficient (Wildman–Crippen LogP) is 2.25. The van der Waals surface area contributed by atoms with E-state index in [1.54, 1.807) is 0 Å². The first kappa shape index (κ1) is 13.5. The van der Waals surface area contributed by atoms with Gasteiger partial charge in [0, 0.05) is 18.7 Å². The van der Waals surface area contributed by atoms with E-state index >= 15 is 0 Å². The van der Waals surface area contributed by atoms with Crippen LogP contribution >= 0.6 is 0 Å². The molecule has 1 aliphatic rings. The molecule has 2 N–H and O–H groups in total. The summed E-state index contributed by atoms with van der Waals surface area (Å²) >= 11 is 0. The first-order valence-corrected chi connectivity index (χ1v) is 6.52. The summed E-state index contributed by atoms with van der Waals surface area (Å²) in [5.74, 6) is 0.696. The van der Waals surface area contributed by atoms with Gasteiger partial charge in [-0.3, -0.25) is 10.1 Å². The van der Waals surface area contributed by atoms with E-state index in [0.29, 0.717) is 18.0 Å². The lowest BCUT2D eigenvalue weighted by molar-refractivity contribution is -0.384. The van der Waals surface area contributed by atoms with E-state index in [2.05, 4.69) is 10.1 Å². The number of hydrogen-bond donors (Lipinski definition) is 1. The van der Waals surface area contributed by atoms with Gasteiger partial charge in [0.15, 0.2) is 0 Å². The number of nitrogens with two attached hydrogens (primary N) is 1. The summed E-state index contributed by atoms with van der Waals surface area (Å²) in [7, 11) is 0. The van der Waals surface area contributed by atoms with Gasteiger partial charge in [0.2, 0.25) is 5.82 Å². The van der Waals surface area contributed by atoms with Crippen molar-refractivity contribution in [2.75, 3.05) is 12.3 Å². The summed E-state index contributed by atoms with van der Waals surface area (Å²) in [5.41, 5.74) is 5.89. The molecule has 2 heterocycles. The molecule has 0 amide bonds. The van der Waals surface area contributed by atoms with Crippen molar-refractivity contribution in [3.8, 4) is 11.5 Å². The van der Waals surface area contributed by atoms with E-state index in [9.17, 15) is 10.1 Å². The van der Waals surface area contributed by atoms with E-state index < -0.39 is 10.5 Å². The molecule has 0 bridgehead atoms. The van der Waals surface area contributed by atoms with Crippen LogP contribution in [0.4, 0.5) is 11.4 Å². The van der Waals surface area contributed by atoms with E-state index in [0.717, 1.165) is 12.8 Å². The number of nitro groups is 1. The topological polar surface area (TPSA) is 117 Å². The molecule has 1 saturated heterocycles. The van der Waals surface area contributed by atoms with Crippen LogP contribution in [0.1, 0.15) is 25.6 Å². The number of non-ortho nitro benzene ring substituents is 1. The van der Waals surface area contributed by atoms with Gasteiger partial charge in [-0.2, -0.15) is 4.98 Å². The van der Waals surface area contributed by atoms with Gasteiger partial charge in [0.05, 0.1) is 16.2 Å². The summed E-state index contributed by atoms with van der Waals surface area (Å²) in [6.07, 6.45) is 1.77. The predicted molar refractivity (Wildman–Crippen MR) is 73.3 cm³/mol. The van der Waals surface area contributed by atoms with Crippen molar-refractivity contribution >= 4 is 11.4 Å². The Morgan fingerprint density at radius 1 is 1.48 bits per heavy atom. The molecule has 1 fully saturated rings. The second-order valence-electron chi connectivity index (χ2n) is 5.13. The van der Waals surface area contributed by atoms with Crippen LogP contribution in [-0.4, -0.2) is 21.7 Å². The molecule has 0 radical (unpaired) electrons. The molecule has 8 nitrogen and oxygen atoms in total. The number of ether oxygens (including phenoxy) is 1. The van der Waals surface area contributed by atoms with Gasteiger partial charge in [-0.1, -0.05) is 5.16 Å². The van der Waals surface area contributed by atoms with Crippen LogP contribution in [0.25, 0.3) is 11.5 Å². The normalized spacial score (nSPS) is 21.6. The quantitative estimate of drug-likeness (QED) is 0.523. The number of nitro benzene ring substituents is 1. The minimum Gasteiger partial charge on any atom is -0.398 e. The lowest BCUT2D eigenvalue weighted by atomic mass is 10.0. The molecule has 1 unspecified atom stereocenters. The molecule has 1 atom stereocenters. The highest BCUT2D eigenvalue weighted by Crippen LogP contribution is 2.35. The van der Waals surface area contributed by atoms with Gasteiger partial charge in [0.25, 0.3) is 11.6 Å². The molecule has 3 rings (SSSR count). The fourth-order valence-electron chi connectivity index (χ4n) is 2.36. The van der Waals surface area contributed by atoms with E-state index in [4.69, 9.17) is 15.0 Å². The second-order valence-corrected chi connectivity index (χ2v) is 5.13. The molecule has 110 valence electrons. The molecule has 0 saturated carbocycles. The molecular formula is C13H14N4O4. The van der Waals surface area contributed by atoms with Crippen LogP contribution in [0.3, 0.4) is 0 Å². The molecular weight excluding hydrogens is 276 g/mol. The van der Waals surface area contributed by atoms with Gasteiger partial charge in [0.1, 0.15) is 5.60 Å². The monoisotopic (exact) mass is 290 g/mol. The van der Waals surface area contributed by atoms with Crippen LogP contribution < -0.4 is 5.73 Å². The van der Waals surface area contributed by atoms with Crippen LogP contribution in [0.5, 0.6) is 0 Å². The highest BCUT2D eigenvalue weighted by Gasteiger charge is 2.36. The lowest BCUT2D eigenvalue weighted by Crippen LogP contribution is -2.21. The Kier molecular flexibility index (Phi) is 3.09. The average Bonchev–Trinajstić information content (AvgIpc) is 3.08. The molecule has 21 heavy (non-hydrogen) atoms. The SMILES string of the molecule is CC1(c2noc(-c3ccc([N+](=O)[O-])cc3N)n2)CCCO1. The van der Waals surface area contributed by atoms with Crippen LogP contribution in [0, 0.1) is 10.1 Å². The van der Waals surface area contributed by atoms with Gasteiger partial charge in [-0.05, 0) is 25.8 Å². The van der Waals surface area contributed by atoms with Crippen LogP contribution in [-0.2, 0) is 10.3 Å². The molecule has 1 aliphatic heterocycles. The second kappa shape index (κ2) is 4.81. The summed E-state index contributed by atoms with van der Waals surface area (Å²) in [6, 6.07) is 4.12. The first-order chi connectivity index (χ1) is 9.99. The minimum atomic E-state index is -0.544. The summed E-state index contributed by atoms with van der Waals surface area (Å²) in [6.45, 7) is 2.58. The third-order valence-electron chi connectivity index (χ3n) is 3.59. The van der Waals surface area contributed by atoms with Crippen LogP contribution in [0.2, 0.25) is 0 Å². The Hall–Kier alpha value is -2.48. The number of benzene rings is 1. The van der Waals surface area contributed by atoms with Crippen molar-refractivity contribution in [3.05, 3.63) is 34.1 Å². The Morgan fingerprint density at radius 2 is 2.29 bits per heavy atom. The summed E-state index contributed by atoms with van der Waals surface area (Å²) < 4.78 is 10.9. The van der Waals surface area contributed by atoms with Crippen molar-refractivity contribution in [1.29, 1.82) is 0 Å². The third-order valence-corrected chi connectivity index (χ3v) is 3.59. The van der Waals surface area contributed by atoms with Gasteiger partial charge < -0.3 is 15.0 Å². The zero-order chi connectivity index (χ0) is 15.0. The Balaban J connectivity index is 1.95. The number of nitrogens with zero attached hydrogens (tertiary/aromatic N) is 3. The van der Waals surface area contributed by atoms with Gasteiger partial charge in [-0.15, -0.1) is 0 Å². The van der Waals surface area contributed by atoms with Crippen molar-refractivity contribution < 1.29 is 14.2 Å². The van der Waals surface area contributed by atoms with Crippen molar-refractivity contribution in [3.63, 3.8) is 0 Å². The van der Waals surface area contributed by atoms with E-state index in [1.807, 2.05) is 6.92 Å². The zero-order valence-corrected chi connectivity index (χ0v) is 11.4. The standard InChI is InChI=1S/C13H14N4O4/c1-13(5-2-6-20-13)12-15-11(21-16-12)9-4-3-8(17(18)19)7-10(9)14/h3-4,7H,2,5-6,14H2,1H3. The van der Waals surface area contributed by atoms with Crippen molar-refractivity contribution in [2.24, 2.45) is 0 Å². The van der Waals surface area contributed by atoms with E-state index in [1.165, 1.54) is 18.2 Å². The summed E-state index contributed by atoms with van der Waals surface area (Å²) in [5, 5.41) is 14.6. The number of nitrogen functional groups attached to an aromatic ring is 1. The molecule has 8 heteroatoms. The van der Waals surface area contributed by atoms with Crippen LogP contribution in [0.15, 0.2) is 22.7 Å². The largest absolute Gasteiger partial charge is 0.398 e. The molecule has 1 aromatic carbocycles. The average molecular weight is 290 g/mol. The number of rotatable bonds is 3.